The predicted molar refractivity (Wildman–Crippen MR) is 114 cm³/mol. The largest absolute Gasteiger partial charge is 0.504 e. The second-order valence-electron chi connectivity index (χ2n) is 6.85. The molecule has 0 spiro atoms. The Morgan fingerprint density at radius 1 is 0.971 bits per heavy atom. The highest BCUT2D eigenvalue weighted by Gasteiger charge is 2.38. The average molecular weight is 481 g/mol. The van der Waals surface area contributed by atoms with E-state index in [-0.39, 0.29) is 23.1 Å². The molecule has 0 saturated carbocycles. The number of aliphatic carboxylic acids is 1. The number of carboxylic acids is 1. The zero-order valence-corrected chi connectivity index (χ0v) is 17.7. The van der Waals surface area contributed by atoms with Crippen molar-refractivity contribution in [3.05, 3.63) is 65.9 Å². The van der Waals surface area contributed by atoms with Crippen LogP contribution in [-0.2, 0) is 11.3 Å². The summed E-state index contributed by atoms with van der Waals surface area (Å²) < 4.78 is 37.0. The Hall–Kier alpha value is -4.06. The number of phenols is 2. The summed E-state index contributed by atoms with van der Waals surface area (Å²) in [7, 11) is 0. The fourth-order valence-corrected chi connectivity index (χ4v) is 2.54. The minimum absolute atomic E-state index is 0.134. The molecule has 0 radical (unpaired) electrons. The van der Waals surface area contributed by atoms with E-state index in [4.69, 9.17) is 14.4 Å². The Balaban J connectivity index is 0.000000509. The van der Waals surface area contributed by atoms with E-state index in [1.165, 1.54) is 12.1 Å². The summed E-state index contributed by atoms with van der Waals surface area (Å²) in [4.78, 5) is 21.0. The summed E-state index contributed by atoms with van der Waals surface area (Å²) >= 11 is 0. The van der Waals surface area contributed by atoms with Crippen LogP contribution < -0.4 is 10.6 Å². The van der Waals surface area contributed by atoms with Crippen molar-refractivity contribution >= 4 is 11.9 Å². The predicted octanol–water partition coefficient (Wildman–Crippen LogP) is 3.30. The second-order valence-corrected chi connectivity index (χ2v) is 6.85. The lowest BCUT2D eigenvalue weighted by atomic mass is 10.1. The first-order valence-corrected chi connectivity index (χ1v) is 9.90. The number of hydrogen-bond acceptors (Lipinski definition) is 7. The van der Waals surface area contributed by atoms with Crippen molar-refractivity contribution in [1.82, 2.24) is 15.8 Å². The van der Waals surface area contributed by atoms with Crippen LogP contribution in [0.4, 0.5) is 13.2 Å². The molecule has 1 heterocycles. The number of carbonyl (C=O) groups is 2. The van der Waals surface area contributed by atoms with Crippen LogP contribution in [0, 0.1) is 0 Å². The fraction of sp³-hybridized carbons (Fsp3) is 0.227. The highest BCUT2D eigenvalue weighted by Crippen LogP contribution is 2.24. The van der Waals surface area contributed by atoms with Crippen molar-refractivity contribution in [2.45, 2.75) is 19.1 Å². The van der Waals surface area contributed by atoms with Gasteiger partial charge >= 0.3 is 12.1 Å². The molecule has 0 atom stereocenters. The molecule has 0 aliphatic heterocycles. The molecule has 2 aromatic carbocycles. The van der Waals surface area contributed by atoms with Crippen molar-refractivity contribution in [3.63, 3.8) is 0 Å². The van der Waals surface area contributed by atoms with E-state index in [9.17, 15) is 28.2 Å². The van der Waals surface area contributed by atoms with Crippen molar-refractivity contribution in [2.24, 2.45) is 0 Å². The Labute approximate surface area is 191 Å². The molecule has 9 nitrogen and oxygen atoms in total. The van der Waals surface area contributed by atoms with Gasteiger partial charge in [-0.1, -0.05) is 41.6 Å². The minimum atomic E-state index is -5.08. The monoisotopic (exact) mass is 481 g/mol. The topological polar surface area (TPSA) is 145 Å². The van der Waals surface area contributed by atoms with Crippen LogP contribution in [0.3, 0.4) is 0 Å². The van der Waals surface area contributed by atoms with Gasteiger partial charge in [0.25, 0.3) is 5.91 Å². The number of phenolic OH excluding ortho intramolecular Hbond substituents is 2. The first kappa shape index (κ1) is 26.2. The van der Waals surface area contributed by atoms with Crippen LogP contribution in [0.2, 0.25) is 0 Å². The zero-order valence-electron chi connectivity index (χ0n) is 17.7. The molecule has 1 aromatic heterocycles. The van der Waals surface area contributed by atoms with Gasteiger partial charge in [0.15, 0.2) is 23.0 Å². The van der Waals surface area contributed by atoms with Crippen LogP contribution >= 0.6 is 0 Å². The maximum Gasteiger partial charge on any atom is 0.490 e. The van der Waals surface area contributed by atoms with Gasteiger partial charge in [-0.2, -0.15) is 13.2 Å². The number of nitrogens with zero attached hydrogens (tertiary/aromatic N) is 1. The molecule has 3 aromatic rings. The van der Waals surface area contributed by atoms with Gasteiger partial charge in [0.05, 0.1) is 0 Å². The number of alkyl halides is 3. The van der Waals surface area contributed by atoms with E-state index in [0.29, 0.717) is 25.4 Å². The lowest BCUT2D eigenvalue weighted by Crippen LogP contribution is -2.27. The number of hydrogen-bond donors (Lipinski definition) is 5. The van der Waals surface area contributed by atoms with Gasteiger partial charge < -0.3 is 30.5 Å². The van der Waals surface area contributed by atoms with E-state index < -0.39 is 12.1 Å². The number of carboxylic acid groups (broad SMARTS) is 1. The molecule has 0 fully saturated rings. The van der Waals surface area contributed by atoms with Crippen LogP contribution in [0.5, 0.6) is 11.5 Å². The highest BCUT2D eigenvalue weighted by molar-refractivity contribution is 5.93. The van der Waals surface area contributed by atoms with Crippen LogP contribution in [0.1, 0.15) is 22.5 Å². The molecule has 0 saturated heterocycles. The summed E-state index contributed by atoms with van der Waals surface area (Å²) in [5, 5.41) is 35.7. The summed E-state index contributed by atoms with van der Waals surface area (Å²) in [5.41, 5.74) is 1.99. The van der Waals surface area contributed by atoms with Gasteiger partial charge in [-0.15, -0.1) is 0 Å². The smallest absolute Gasteiger partial charge is 0.490 e. The maximum absolute atomic E-state index is 12.1. The van der Waals surface area contributed by atoms with E-state index in [1.807, 2.05) is 30.3 Å². The molecule has 5 N–H and O–H groups in total. The molecule has 1 amide bonds. The first-order chi connectivity index (χ1) is 16.1. The Morgan fingerprint density at radius 3 is 2.26 bits per heavy atom. The number of halogens is 3. The Morgan fingerprint density at radius 2 is 1.65 bits per heavy atom. The molecule has 0 aliphatic carbocycles. The van der Waals surface area contributed by atoms with Gasteiger partial charge in [0.2, 0.25) is 0 Å². The minimum Gasteiger partial charge on any atom is -0.504 e. The van der Waals surface area contributed by atoms with Crippen molar-refractivity contribution in [2.75, 3.05) is 13.1 Å². The molecule has 34 heavy (non-hydrogen) atoms. The highest BCUT2D eigenvalue weighted by atomic mass is 19.4. The van der Waals surface area contributed by atoms with E-state index in [2.05, 4.69) is 15.8 Å². The fourth-order valence-electron chi connectivity index (χ4n) is 2.54. The molecular weight excluding hydrogens is 459 g/mol. The standard InChI is InChI=1S/C20H21N3O4.C2HF3O2/c24-17-8-7-14(11-18(17)25)13-21-9-4-10-22-20(26)16-12-19(27-23-16)15-5-2-1-3-6-15;3-2(4,5)1(6)7/h1-3,5-8,11-12,21,24-25H,4,9-10,13H2,(H,22,26);(H,6,7). The van der Waals surface area contributed by atoms with Gasteiger partial charge in [-0.25, -0.2) is 4.79 Å². The van der Waals surface area contributed by atoms with Gasteiger partial charge in [0, 0.05) is 24.7 Å². The number of nitrogens with one attached hydrogen (secondary N) is 2. The second kappa shape index (κ2) is 12.3. The van der Waals surface area contributed by atoms with Crippen LogP contribution in [0.25, 0.3) is 11.3 Å². The number of aromatic nitrogens is 1. The molecule has 0 bridgehead atoms. The third kappa shape index (κ3) is 8.47. The summed E-state index contributed by atoms with van der Waals surface area (Å²) in [5.74, 6) is -2.75. The van der Waals surface area contributed by atoms with Crippen molar-refractivity contribution in [3.8, 4) is 22.8 Å². The van der Waals surface area contributed by atoms with E-state index in [0.717, 1.165) is 17.5 Å². The first-order valence-electron chi connectivity index (χ1n) is 9.90. The molecule has 0 unspecified atom stereocenters. The number of carbonyl (C=O) groups excluding carboxylic acids is 1. The molecule has 12 heteroatoms. The number of aromatic hydroxyl groups is 2. The quantitative estimate of drug-likeness (QED) is 0.243. The molecule has 3 rings (SSSR count). The molecule has 182 valence electrons. The number of benzene rings is 2. The Bertz CT molecular complexity index is 1090. The van der Waals surface area contributed by atoms with E-state index >= 15 is 0 Å². The zero-order chi connectivity index (χ0) is 25.1. The number of rotatable bonds is 8. The summed E-state index contributed by atoms with van der Waals surface area (Å²) in [6.45, 7) is 1.75. The van der Waals surface area contributed by atoms with E-state index in [1.54, 1.807) is 12.1 Å². The summed E-state index contributed by atoms with van der Waals surface area (Å²) in [6, 6.07) is 15.8. The van der Waals surface area contributed by atoms with Gasteiger partial charge in [0.1, 0.15) is 0 Å². The summed E-state index contributed by atoms with van der Waals surface area (Å²) in [6.07, 6.45) is -4.35. The third-order valence-corrected chi connectivity index (χ3v) is 4.23. The normalized spacial score (nSPS) is 10.8. The molecule has 0 aliphatic rings. The SMILES string of the molecule is O=C(NCCCNCc1ccc(O)c(O)c1)c1cc(-c2ccccc2)on1.O=C(O)C(F)(F)F. The lowest BCUT2D eigenvalue weighted by Gasteiger charge is -2.07. The third-order valence-electron chi connectivity index (χ3n) is 4.23. The maximum atomic E-state index is 12.1. The van der Waals surface area contributed by atoms with Crippen LogP contribution in [-0.4, -0.2) is 51.6 Å². The van der Waals surface area contributed by atoms with Gasteiger partial charge in [-0.3, -0.25) is 4.79 Å². The van der Waals surface area contributed by atoms with Crippen molar-refractivity contribution in [1.29, 1.82) is 0 Å². The lowest BCUT2D eigenvalue weighted by molar-refractivity contribution is -0.192. The average Bonchev–Trinajstić information content (AvgIpc) is 3.29. The van der Waals surface area contributed by atoms with Crippen LogP contribution in [0.15, 0.2) is 59.1 Å². The number of amides is 1. The molecular formula is C22H22F3N3O6. The van der Waals surface area contributed by atoms with Gasteiger partial charge in [-0.05, 0) is 30.7 Å². The van der Waals surface area contributed by atoms with Crippen molar-refractivity contribution < 1.29 is 42.6 Å². The Kier molecular flexibility index (Phi) is 9.44.